The van der Waals surface area contributed by atoms with Crippen LogP contribution in [0.15, 0.2) is 18.2 Å². The third-order valence-electron chi connectivity index (χ3n) is 6.75. The predicted octanol–water partition coefficient (Wildman–Crippen LogP) is 10.4. The van der Waals surface area contributed by atoms with Gasteiger partial charge in [0.15, 0.2) is 0 Å². The molecule has 1 fully saturated rings. The van der Waals surface area contributed by atoms with Crippen molar-refractivity contribution >= 4 is 111 Å². The van der Waals surface area contributed by atoms with Crippen LogP contribution in [0.5, 0.6) is 0 Å². The molecule has 0 aliphatic carbocycles. The van der Waals surface area contributed by atoms with Crippen LogP contribution in [-0.2, 0) is 14.3 Å². The Labute approximate surface area is 316 Å². The van der Waals surface area contributed by atoms with E-state index in [-0.39, 0.29) is 6.54 Å². The van der Waals surface area contributed by atoms with Crippen LogP contribution in [0, 0.1) is 0 Å². The van der Waals surface area contributed by atoms with Gasteiger partial charge in [-0.05, 0) is 45.0 Å². The number of ether oxygens (including phenoxy) is 1. The second kappa shape index (κ2) is 27.0. The zero-order valence-corrected chi connectivity index (χ0v) is 33.0. The Hall–Kier alpha value is 0.200. The normalized spacial score (nSPS) is 17.5. The van der Waals surface area contributed by atoms with E-state index in [9.17, 15) is 9.59 Å². The van der Waals surface area contributed by atoms with Crippen LogP contribution in [0.2, 0.25) is 10.0 Å². The van der Waals surface area contributed by atoms with Gasteiger partial charge in [-0.25, -0.2) is 0 Å². The number of carbonyl (C=O) groups is 2. The van der Waals surface area contributed by atoms with Gasteiger partial charge in [-0.15, -0.1) is 0 Å². The number of amides is 2. The van der Waals surface area contributed by atoms with Crippen LogP contribution in [-0.4, -0.2) is 69.9 Å². The molecule has 1 aliphatic rings. The largest absolute Gasteiger partial charge is 0.373 e. The molecule has 0 saturated carbocycles. The Balaban J connectivity index is 0.000000725. The average molecular weight is 810 g/mol. The second-order valence-corrected chi connectivity index (χ2v) is 16.9. The molecule has 1 aromatic carbocycles. The van der Waals surface area contributed by atoms with Crippen LogP contribution >= 0.6 is 92.8 Å². The quantitative estimate of drug-likeness (QED) is 0.0596. The summed E-state index contributed by atoms with van der Waals surface area (Å²) in [5.74, 6) is 0. The first kappa shape index (κ1) is 46.2. The number of alkyl halides is 6. The molecule has 1 aromatic rings. The highest BCUT2D eigenvalue weighted by atomic mass is 35.6. The summed E-state index contributed by atoms with van der Waals surface area (Å²) in [5.41, 5.74) is 0.560. The zero-order chi connectivity index (χ0) is 35.0. The van der Waals surface area contributed by atoms with Crippen LogP contribution in [0.3, 0.4) is 0 Å². The lowest BCUT2D eigenvalue weighted by Crippen LogP contribution is -2.45. The minimum absolute atomic E-state index is 0.0428. The van der Waals surface area contributed by atoms with Crippen molar-refractivity contribution in [2.45, 2.75) is 117 Å². The molecule has 268 valence electrons. The molecule has 3 atom stereocenters. The molecule has 3 N–H and O–H groups in total. The molecule has 7 nitrogen and oxygen atoms in total. The minimum Gasteiger partial charge on any atom is -0.373 e. The topological polar surface area (TPSA) is 82.7 Å². The number of carbonyl (C=O) groups excluding carboxylic acids is 2. The number of rotatable bonds is 18. The van der Waals surface area contributed by atoms with Gasteiger partial charge >= 0.3 is 0 Å². The number of unbranched alkanes of at least 4 members (excludes halogenated alkanes) is 10. The van der Waals surface area contributed by atoms with E-state index >= 15 is 0 Å². The first-order valence-electron chi connectivity index (χ1n) is 15.7. The van der Waals surface area contributed by atoms with Gasteiger partial charge < -0.3 is 20.7 Å². The Morgan fingerprint density at radius 1 is 0.826 bits per heavy atom. The van der Waals surface area contributed by atoms with Crippen LogP contribution in [0.4, 0.5) is 5.69 Å². The van der Waals surface area contributed by atoms with E-state index in [2.05, 4.69) is 41.6 Å². The van der Waals surface area contributed by atoms with Gasteiger partial charge in [0.1, 0.15) is 6.17 Å². The summed E-state index contributed by atoms with van der Waals surface area (Å²) in [7, 11) is 0. The Morgan fingerprint density at radius 3 is 1.76 bits per heavy atom. The molecule has 0 radical (unpaired) electrons. The molecule has 2 rings (SSSR count). The summed E-state index contributed by atoms with van der Waals surface area (Å²) < 4.78 is 2.71. The van der Waals surface area contributed by atoms with E-state index in [4.69, 9.17) is 97.5 Å². The van der Waals surface area contributed by atoms with Crippen molar-refractivity contribution in [3.63, 3.8) is 0 Å². The number of nitrogens with one attached hydrogen (secondary N) is 3. The SMILES string of the molecule is CCCCCCCCCCCCCN1CC(C)OC(C)C1.O=CNC(Nc1ccc(Cl)c(Cl)c1)C(Cl)(Cl)Cl.O=CNCC(Cl)(Cl)Cl. The summed E-state index contributed by atoms with van der Waals surface area (Å²) >= 11 is 44.3. The average Bonchev–Trinajstić information content (AvgIpc) is 2.96. The van der Waals surface area contributed by atoms with E-state index in [1.807, 2.05) is 0 Å². The summed E-state index contributed by atoms with van der Waals surface area (Å²) in [5, 5.41) is 8.12. The fourth-order valence-electron chi connectivity index (χ4n) is 4.66. The monoisotopic (exact) mass is 806 g/mol. The molecule has 0 spiro atoms. The van der Waals surface area contributed by atoms with Crippen LogP contribution < -0.4 is 16.0 Å². The van der Waals surface area contributed by atoms with Gasteiger partial charge in [0.05, 0.1) is 28.8 Å². The zero-order valence-electron chi connectivity index (χ0n) is 26.9. The molecular formula is C31H50Cl8N4O3. The molecule has 0 aromatic heterocycles. The third kappa shape index (κ3) is 26.1. The van der Waals surface area contributed by atoms with E-state index in [1.165, 1.54) is 77.2 Å². The first-order valence-corrected chi connectivity index (χ1v) is 18.7. The molecule has 15 heteroatoms. The molecule has 2 amide bonds. The molecule has 1 heterocycles. The smallest absolute Gasteiger partial charge is 0.228 e. The molecule has 1 aliphatic heterocycles. The van der Waals surface area contributed by atoms with Crippen molar-refractivity contribution in [3.05, 3.63) is 28.2 Å². The van der Waals surface area contributed by atoms with Gasteiger partial charge in [0.25, 0.3) is 0 Å². The van der Waals surface area contributed by atoms with Crippen molar-refractivity contribution in [2.24, 2.45) is 0 Å². The van der Waals surface area contributed by atoms with E-state index in [0.29, 0.717) is 40.8 Å². The molecular weight excluding hydrogens is 760 g/mol. The van der Waals surface area contributed by atoms with Crippen molar-refractivity contribution in [3.8, 4) is 0 Å². The van der Waals surface area contributed by atoms with Gasteiger partial charge in [-0.1, -0.05) is 164 Å². The lowest BCUT2D eigenvalue weighted by molar-refractivity contribution is -0.110. The van der Waals surface area contributed by atoms with Crippen molar-refractivity contribution in [1.82, 2.24) is 15.5 Å². The number of hydrogen-bond acceptors (Lipinski definition) is 5. The lowest BCUT2D eigenvalue weighted by atomic mass is 10.1. The van der Waals surface area contributed by atoms with Crippen molar-refractivity contribution in [1.29, 1.82) is 0 Å². The van der Waals surface area contributed by atoms with Gasteiger partial charge in [-0.3, -0.25) is 14.5 Å². The highest BCUT2D eigenvalue weighted by molar-refractivity contribution is 6.68. The number of anilines is 1. The Kier molecular flexibility index (Phi) is 27.1. The molecule has 3 unspecified atom stereocenters. The number of halogens is 8. The Morgan fingerprint density at radius 2 is 1.35 bits per heavy atom. The predicted molar refractivity (Wildman–Crippen MR) is 201 cm³/mol. The summed E-state index contributed by atoms with van der Waals surface area (Å²) in [4.78, 5) is 22.6. The molecule has 0 bridgehead atoms. The number of morpholine rings is 1. The summed E-state index contributed by atoms with van der Waals surface area (Å²) in [6.07, 6.45) is 16.6. The second-order valence-electron chi connectivity index (χ2n) is 11.2. The fourth-order valence-corrected chi connectivity index (χ4v) is 5.54. The highest BCUT2D eigenvalue weighted by Gasteiger charge is 2.32. The van der Waals surface area contributed by atoms with Crippen molar-refractivity contribution < 1.29 is 14.3 Å². The van der Waals surface area contributed by atoms with E-state index < -0.39 is 13.8 Å². The van der Waals surface area contributed by atoms with E-state index in [1.54, 1.807) is 18.2 Å². The molecule has 1 saturated heterocycles. The first-order chi connectivity index (χ1) is 21.6. The maximum atomic E-state index is 10.4. The van der Waals surface area contributed by atoms with Gasteiger partial charge in [0, 0.05) is 18.8 Å². The third-order valence-corrected chi connectivity index (χ3v) is 8.55. The highest BCUT2D eigenvalue weighted by Crippen LogP contribution is 2.32. The summed E-state index contributed by atoms with van der Waals surface area (Å²) in [6.45, 7) is 10.3. The maximum absolute atomic E-state index is 10.4. The Bertz CT molecular complexity index is 928. The minimum atomic E-state index is -1.70. The lowest BCUT2D eigenvalue weighted by Gasteiger charge is -2.35. The van der Waals surface area contributed by atoms with E-state index in [0.717, 1.165) is 13.1 Å². The van der Waals surface area contributed by atoms with Gasteiger partial charge in [-0.2, -0.15) is 0 Å². The van der Waals surface area contributed by atoms with Crippen molar-refractivity contribution in [2.75, 3.05) is 31.5 Å². The molecule has 46 heavy (non-hydrogen) atoms. The van der Waals surface area contributed by atoms with Gasteiger partial charge in [0.2, 0.25) is 20.4 Å². The standard InChI is InChI=1S/C19H39NO.C9H7Cl5N2O.C3H4Cl3NO/c1-4-5-6-7-8-9-10-11-12-13-14-15-20-16-18(2)21-19(3)17-20;10-6-2-1-5(3-7(6)11)16-8(15-4-17)9(12,13)14;4-3(5,6)1-7-2-8/h18-19H,4-17H2,1-3H3;1-4,8,16H,(H,15,17);2H,1H2,(H,7,8). The van der Waals surface area contributed by atoms with Crippen LogP contribution in [0.25, 0.3) is 0 Å². The number of hydrogen-bond donors (Lipinski definition) is 3. The number of benzene rings is 1. The fraction of sp³-hybridized carbons (Fsp3) is 0.742. The van der Waals surface area contributed by atoms with Crippen LogP contribution in [0.1, 0.15) is 91.4 Å². The number of nitrogens with zero attached hydrogens (tertiary/aromatic N) is 1. The summed E-state index contributed by atoms with van der Waals surface area (Å²) in [6, 6.07) is 4.78. The maximum Gasteiger partial charge on any atom is 0.228 e.